The summed E-state index contributed by atoms with van der Waals surface area (Å²) >= 11 is 0. The summed E-state index contributed by atoms with van der Waals surface area (Å²) in [6.45, 7) is 10.5. The molecule has 3 heteroatoms. The molecule has 0 heterocycles. The fourth-order valence-electron chi connectivity index (χ4n) is 0.677. The lowest BCUT2D eigenvalue weighted by molar-refractivity contribution is 0.155. The Bertz CT molecular complexity index is 129. The smallest absolute Gasteiger partial charge is 0.137 e. The zero-order chi connectivity index (χ0) is 9.45. The Morgan fingerprint density at radius 3 is 2.50 bits per heavy atom. The molecule has 0 unspecified atom stereocenters. The molecular formula is C9H21NOSi. The molecule has 0 aliphatic carbocycles. The highest BCUT2D eigenvalue weighted by atomic mass is 28.3. The van der Waals surface area contributed by atoms with Crippen molar-refractivity contribution in [3.63, 3.8) is 0 Å². The molecule has 0 aliphatic rings. The normalized spacial score (nSPS) is 12.7. The van der Waals surface area contributed by atoms with Crippen LogP contribution in [-0.2, 0) is 4.74 Å². The van der Waals surface area contributed by atoms with Crippen molar-refractivity contribution in [1.82, 2.24) is 0 Å². The van der Waals surface area contributed by atoms with E-state index in [0.717, 1.165) is 13.0 Å². The molecule has 0 amide bonds. The molecule has 0 fully saturated rings. The largest absolute Gasteiger partial charge is 0.360 e. The number of hydrogen-bond acceptors (Lipinski definition) is 2. The van der Waals surface area contributed by atoms with Gasteiger partial charge in [0.2, 0.25) is 0 Å². The first-order valence-corrected chi connectivity index (χ1v) is 8.33. The molecule has 0 aromatic heterocycles. The minimum Gasteiger partial charge on any atom is -0.360 e. The first-order chi connectivity index (χ1) is 5.56. The highest BCUT2D eigenvalue weighted by Crippen LogP contribution is 2.07. The maximum Gasteiger partial charge on any atom is 0.137 e. The summed E-state index contributed by atoms with van der Waals surface area (Å²) in [4.78, 5) is 4.08. The van der Waals surface area contributed by atoms with Crippen LogP contribution < -0.4 is 0 Å². The Balaban J connectivity index is 3.17. The SMILES string of the molecule is CCC=NCOCC[Si](C)(C)C. The molecule has 0 aromatic carbocycles. The molecule has 72 valence electrons. The van der Waals surface area contributed by atoms with Gasteiger partial charge in [0.05, 0.1) is 0 Å². The van der Waals surface area contributed by atoms with Crippen LogP contribution in [0.4, 0.5) is 0 Å². The molecule has 0 radical (unpaired) electrons. The number of nitrogens with zero attached hydrogens (tertiary/aromatic N) is 1. The topological polar surface area (TPSA) is 21.6 Å². The van der Waals surface area contributed by atoms with Gasteiger partial charge in [-0.2, -0.15) is 0 Å². The summed E-state index contributed by atoms with van der Waals surface area (Å²) < 4.78 is 5.35. The molecule has 2 nitrogen and oxygen atoms in total. The molecular weight excluding hydrogens is 166 g/mol. The van der Waals surface area contributed by atoms with Gasteiger partial charge in [0, 0.05) is 20.9 Å². The first-order valence-electron chi connectivity index (χ1n) is 4.62. The zero-order valence-corrected chi connectivity index (χ0v) is 9.76. The van der Waals surface area contributed by atoms with Crippen LogP contribution in [0.2, 0.25) is 25.7 Å². The molecule has 0 rings (SSSR count). The molecule has 0 bridgehead atoms. The number of rotatable bonds is 6. The Morgan fingerprint density at radius 1 is 1.33 bits per heavy atom. The van der Waals surface area contributed by atoms with Crippen molar-refractivity contribution >= 4 is 14.3 Å². The second-order valence-electron chi connectivity index (χ2n) is 4.12. The standard InChI is InChI=1S/C9H21NOSi/c1-5-6-10-9-11-7-8-12(2,3)4/h6H,5,7-9H2,1-4H3. The summed E-state index contributed by atoms with van der Waals surface area (Å²) in [5.41, 5.74) is 0. The van der Waals surface area contributed by atoms with Gasteiger partial charge in [-0.1, -0.05) is 26.6 Å². The molecule has 0 aromatic rings. The van der Waals surface area contributed by atoms with Gasteiger partial charge in [-0.05, 0) is 12.5 Å². The van der Waals surface area contributed by atoms with Crippen LogP contribution in [0.5, 0.6) is 0 Å². The highest BCUT2D eigenvalue weighted by molar-refractivity contribution is 6.76. The quantitative estimate of drug-likeness (QED) is 0.356. The summed E-state index contributed by atoms with van der Waals surface area (Å²) in [5.74, 6) is 0. The lowest BCUT2D eigenvalue weighted by Crippen LogP contribution is -2.21. The molecule has 0 saturated heterocycles. The van der Waals surface area contributed by atoms with Crippen molar-refractivity contribution in [3.05, 3.63) is 0 Å². The van der Waals surface area contributed by atoms with E-state index in [1.54, 1.807) is 0 Å². The Kier molecular flexibility index (Phi) is 6.29. The average Bonchev–Trinajstić information content (AvgIpc) is 1.94. The van der Waals surface area contributed by atoms with Crippen LogP contribution in [0.3, 0.4) is 0 Å². The van der Waals surface area contributed by atoms with Gasteiger partial charge in [-0.25, -0.2) is 0 Å². The second kappa shape index (κ2) is 6.37. The third-order valence-corrected chi connectivity index (χ3v) is 3.18. The maximum atomic E-state index is 5.35. The van der Waals surface area contributed by atoms with E-state index in [0.29, 0.717) is 6.73 Å². The fraction of sp³-hybridized carbons (Fsp3) is 0.889. The molecule has 12 heavy (non-hydrogen) atoms. The summed E-state index contributed by atoms with van der Waals surface area (Å²) in [7, 11) is -0.903. The Morgan fingerprint density at radius 2 is 2.00 bits per heavy atom. The van der Waals surface area contributed by atoms with E-state index in [4.69, 9.17) is 4.74 Å². The van der Waals surface area contributed by atoms with E-state index in [1.807, 2.05) is 6.21 Å². The van der Waals surface area contributed by atoms with E-state index in [2.05, 4.69) is 31.6 Å². The van der Waals surface area contributed by atoms with Crippen molar-refractivity contribution < 1.29 is 4.74 Å². The molecule has 0 atom stereocenters. The molecule has 0 N–H and O–H groups in total. The van der Waals surface area contributed by atoms with Crippen LogP contribution in [0.1, 0.15) is 13.3 Å². The van der Waals surface area contributed by atoms with E-state index in [9.17, 15) is 0 Å². The molecule has 0 spiro atoms. The van der Waals surface area contributed by atoms with Gasteiger partial charge < -0.3 is 4.74 Å². The number of hydrogen-bond donors (Lipinski definition) is 0. The minimum absolute atomic E-state index is 0.540. The molecule has 0 saturated carbocycles. The predicted molar refractivity (Wildman–Crippen MR) is 57.8 cm³/mol. The number of aliphatic imine (C=N–C) groups is 1. The minimum atomic E-state index is -0.903. The summed E-state index contributed by atoms with van der Waals surface area (Å²) in [6, 6.07) is 1.23. The van der Waals surface area contributed by atoms with Crippen LogP contribution in [0.15, 0.2) is 4.99 Å². The lowest BCUT2D eigenvalue weighted by Gasteiger charge is -2.14. The first kappa shape index (κ1) is 11.8. The van der Waals surface area contributed by atoms with Crippen LogP contribution in [-0.4, -0.2) is 27.6 Å². The fourth-order valence-corrected chi connectivity index (χ4v) is 1.43. The van der Waals surface area contributed by atoms with E-state index < -0.39 is 8.07 Å². The van der Waals surface area contributed by atoms with Crippen molar-refractivity contribution in [2.45, 2.75) is 39.0 Å². The second-order valence-corrected chi connectivity index (χ2v) is 9.74. The van der Waals surface area contributed by atoms with E-state index in [-0.39, 0.29) is 0 Å². The van der Waals surface area contributed by atoms with Crippen LogP contribution in [0.25, 0.3) is 0 Å². The van der Waals surface area contributed by atoms with Crippen LogP contribution in [0, 0.1) is 0 Å². The zero-order valence-electron chi connectivity index (χ0n) is 8.76. The Hall–Kier alpha value is -0.153. The van der Waals surface area contributed by atoms with E-state index in [1.165, 1.54) is 6.04 Å². The summed E-state index contributed by atoms with van der Waals surface area (Å²) in [5, 5.41) is 0. The van der Waals surface area contributed by atoms with Gasteiger partial charge in [0.1, 0.15) is 6.73 Å². The van der Waals surface area contributed by atoms with Crippen molar-refractivity contribution in [2.75, 3.05) is 13.3 Å². The summed E-state index contributed by atoms with van der Waals surface area (Å²) in [6.07, 6.45) is 2.89. The Labute approximate surface area is 77.0 Å². The third-order valence-electron chi connectivity index (χ3n) is 1.47. The van der Waals surface area contributed by atoms with E-state index >= 15 is 0 Å². The monoisotopic (exact) mass is 187 g/mol. The third kappa shape index (κ3) is 9.85. The maximum absolute atomic E-state index is 5.35. The predicted octanol–water partition coefficient (Wildman–Crippen LogP) is 2.78. The van der Waals surface area contributed by atoms with Crippen molar-refractivity contribution in [1.29, 1.82) is 0 Å². The highest BCUT2D eigenvalue weighted by Gasteiger charge is 2.11. The van der Waals surface area contributed by atoms with Gasteiger partial charge in [0.25, 0.3) is 0 Å². The van der Waals surface area contributed by atoms with Gasteiger partial charge in [0.15, 0.2) is 0 Å². The van der Waals surface area contributed by atoms with Gasteiger partial charge >= 0.3 is 0 Å². The van der Waals surface area contributed by atoms with Crippen LogP contribution >= 0.6 is 0 Å². The molecule has 0 aliphatic heterocycles. The lowest BCUT2D eigenvalue weighted by atomic mass is 10.5. The van der Waals surface area contributed by atoms with Crippen molar-refractivity contribution in [2.24, 2.45) is 4.99 Å². The van der Waals surface area contributed by atoms with Gasteiger partial charge in [-0.15, -0.1) is 0 Å². The van der Waals surface area contributed by atoms with Crippen molar-refractivity contribution in [3.8, 4) is 0 Å². The van der Waals surface area contributed by atoms with Gasteiger partial charge in [-0.3, -0.25) is 4.99 Å². The number of ether oxygens (including phenoxy) is 1. The average molecular weight is 187 g/mol.